The van der Waals surface area contributed by atoms with Crippen molar-refractivity contribution in [1.29, 1.82) is 0 Å². The highest BCUT2D eigenvalue weighted by Crippen LogP contribution is 2.34. The maximum Gasteiger partial charge on any atom is 0.153 e. The molecule has 0 spiro atoms. The number of anilines is 1. The Morgan fingerprint density at radius 1 is 0.929 bits per heavy atom. The molecular formula is C19H16Cl2N4O2S. The van der Waals surface area contributed by atoms with E-state index in [4.69, 9.17) is 28.2 Å². The second kappa shape index (κ2) is 7.66. The first-order valence-electron chi connectivity index (χ1n) is 8.61. The Labute approximate surface area is 173 Å². The Bertz CT molecular complexity index is 1110. The summed E-state index contributed by atoms with van der Waals surface area (Å²) < 4.78 is 23.5. The van der Waals surface area contributed by atoms with Gasteiger partial charge in [0.15, 0.2) is 9.84 Å². The van der Waals surface area contributed by atoms with Gasteiger partial charge in [-0.1, -0.05) is 35.3 Å². The van der Waals surface area contributed by atoms with E-state index >= 15 is 0 Å². The first-order valence-corrected chi connectivity index (χ1v) is 11.2. The highest BCUT2D eigenvalue weighted by atomic mass is 35.5. The van der Waals surface area contributed by atoms with Gasteiger partial charge in [-0.2, -0.15) is 0 Å². The number of halogens is 2. The van der Waals surface area contributed by atoms with Gasteiger partial charge in [0.2, 0.25) is 0 Å². The van der Waals surface area contributed by atoms with Gasteiger partial charge < -0.3 is 4.90 Å². The molecule has 1 saturated heterocycles. The predicted molar refractivity (Wildman–Crippen MR) is 112 cm³/mol. The molecule has 3 aromatic rings. The van der Waals surface area contributed by atoms with E-state index in [2.05, 4.69) is 9.97 Å². The molecule has 0 unspecified atom stereocenters. The second-order valence-electron chi connectivity index (χ2n) is 6.43. The van der Waals surface area contributed by atoms with Crippen LogP contribution in [0.4, 0.5) is 5.82 Å². The minimum atomic E-state index is -2.98. The first-order chi connectivity index (χ1) is 13.4. The van der Waals surface area contributed by atoms with Crippen LogP contribution < -0.4 is 4.90 Å². The Hall–Kier alpha value is -2.22. The second-order valence-corrected chi connectivity index (χ2v) is 9.57. The minimum absolute atomic E-state index is 0.110. The van der Waals surface area contributed by atoms with Crippen LogP contribution in [0, 0.1) is 0 Å². The molecule has 0 radical (unpaired) electrons. The topological polar surface area (TPSA) is 76.1 Å². The standard InChI is InChI=1S/C19H16Cl2N4O2S/c20-14-3-1-13(2-4-14)18-19(15-5-6-22-11-16(15)21)24-17(12-23-18)25-7-9-28(26,27)10-8-25/h1-6,11-12H,7-10H2. The van der Waals surface area contributed by atoms with Crippen molar-refractivity contribution in [2.75, 3.05) is 29.5 Å². The maximum atomic E-state index is 11.7. The number of nitrogens with zero attached hydrogens (tertiary/aromatic N) is 4. The molecule has 9 heteroatoms. The van der Waals surface area contributed by atoms with Crippen molar-refractivity contribution in [3.63, 3.8) is 0 Å². The summed E-state index contributed by atoms with van der Waals surface area (Å²) >= 11 is 12.4. The van der Waals surface area contributed by atoms with E-state index in [0.717, 1.165) is 5.56 Å². The fraction of sp³-hybridized carbons (Fsp3) is 0.211. The summed E-state index contributed by atoms with van der Waals surface area (Å²) in [7, 11) is -2.98. The molecule has 1 aromatic carbocycles. The van der Waals surface area contributed by atoms with E-state index in [0.29, 0.717) is 45.9 Å². The van der Waals surface area contributed by atoms with E-state index in [9.17, 15) is 8.42 Å². The summed E-state index contributed by atoms with van der Waals surface area (Å²) in [4.78, 5) is 15.4. The van der Waals surface area contributed by atoms with Crippen LogP contribution in [0.2, 0.25) is 10.0 Å². The van der Waals surface area contributed by atoms with Crippen molar-refractivity contribution in [2.45, 2.75) is 0 Å². The van der Waals surface area contributed by atoms with Crippen LogP contribution in [-0.4, -0.2) is 48.0 Å². The van der Waals surface area contributed by atoms with E-state index in [-0.39, 0.29) is 11.5 Å². The molecular weight excluding hydrogens is 419 g/mol. The van der Waals surface area contributed by atoms with Crippen LogP contribution in [0.3, 0.4) is 0 Å². The third kappa shape index (κ3) is 3.97. The van der Waals surface area contributed by atoms with Crippen LogP contribution in [0.1, 0.15) is 0 Å². The van der Waals surface area contributed by atoms with Crippen molar-refractivity contribution in [3.8, 4) is 22.5 Å². The molecule has 0 N–H and O–H groups in total. The first kappa shape index (κ1) is 19.1. The number of aromatic nitrogens is 3. The van der Waals surface area contributed by atoms with E-state index in [1.165, 1.54) is 0 Å². The zero-order chi connectivity index (χ0) is 19.7. The minimum Gasteiger partial charge on any atom is -0.353 e. The highest BCUT2D eigenvalue weighted by molar-refractivity contribution is 7.91. The van der Waals surface area contributed by atoms with E-state index in [1.54, 1.807) is 36.8 Å². The van der Waals surface area contributed by atoms with Crippen molar-refractivity contribution in [2.24, 2.45) is 0 Å². The van der Waals surface area contributed by atoms with Crippen molar-refractivity contribution < 1.29 is 8.42 Å². The lowest BCUT2D eigenvalue weighted by Crippen LogP contribution is -2.40. The molecule has 144 valence electrons. The summed E-state index contributed by atoms with van der Waals surface area (Å²) in [6.45, 7) is 0.779. The van der Waals surface area contributed by atoms with Crippen LogP contribution in [0.15, 0.2) is 48.9 Å². The van der Waals surface area contributed by atoms with E-state index < -0.39 is 9.84 Å². The molecule has 0 saturated carbocycles. The van der Waals surface area contributed by atoms with Crippen molar-refractivity contribution in [1.82, 2.24) is 15.0 Å². The molecule has 1 fully saturated rings. The lowest BCUT2D eigenvalue weighted by atomic mass is 10.0. The zero-order valence-corrected chi connectivity index (χ0v) is 17.0. The monoisotopic (exact) mass is 434 g/mol. The van der Waals surface area contributed by atoms with Gasteiger partial charge in [0.05, 0.1) is 28.4 Å². The fourth-order valence-corrected chi connectivity index (χ4v) is 4.58. The molecule has 1 aliphatic rings. The van der Waals surface area contributed by atoms with Gasteiger partial charge in [-0.25, -0.2) is 13.4 Å². The van der Waals surface area contributed by atoms with Gasteiger partial charge in [0.25, 0.3) is 0 Å². The molecule has 0 aliphatic carbocycles. The van der Waals surface area contributed by atoms with Gasteiger partial charge in [-0.05, 0) is 18.2 Å². The number of sulfone groups is 1. The average Bonchev–Trinajstić information content (AvgIpc) is 2.69. The molecule has 28 heavy (non-hydrogen) atoms. The molecule has 1 aliphatic heterocycles. The molecule has 6 nitrogen and oxygen atoms in total. The zero-order valence-electron chi connectivity index (χ0n) is 14.7. The number of hydrogen-bond donors (Lipinski definition) is 0. The average molecular weight is 435 g/mol. The molecule has 4 rings (SSSR count). The Balaban J connectivity index is 1.81. The summed E-state index contributed by atoms with van der Waals surface area (Å²) in [6.07, 6.45) is 4.87. The van der Waals surface area contributed by atoms with Crippen LogP contribution in [0.5, 0.6) is 0 Å². The molecule has 0 atom stereocenters. The molecule has 0 bridgehead atoms. The largest absolute Gasteiger partial charge is 0.353 e. The van der Waals surface area contributed by atoms with Gasteiger partial charge >= 0.3 is 0 Å². The predicted octanol–water partition coefficient (Wildman–Crippen LogP) is 3.75. The van der Waals surface area contributed by atoms with E-state index in [1.807, 2.05) is 17.0 Å². The SMILES string of the molecule is O=S1(=O)CCN(c2cnc(-c3ccc(Cl)cc3)c(-c3ccncc3Cl)n2)CC1. The van der Waals surface area contributed by atoms with Gasteiger partial charge in [0, 0.05) is 41.6 Å². The Kier molecular flexibility index (Phi) is 5.23. The maximum absolute atomic E-state index is 11.7. The number of benzene rings is 1. The lowest BCUT2D eigenvalue weighted by Gasteiger charge is -2.28. The Morgan fingerprint density at radius 2 is 1.64 bits per heavy atom. The normalized spacial score (nSPS) is 16.1. The summed E-state index contributed by atoms with van der Waals surface area (Å²) in [5, 5.41) is 1.09. The highest BCUT2D eigenvalue weighted by Gasteiger charge is 2.24. The van der Waals surface area contributed by atoms with Crippen molar-refractivity contribution >= 4 is 38.9 Å². The van der Waals surface area contributed by atoms with Crippen LogP contribution >= 0.6 is 23.2 Å². The molecule has 2 aromatic heterocycles. The van der Waals surface area contributed by atoms with Crippen molar-refractivity contribution in [3.05, 3.63) is 59.0 Å². The van der Waals surface area contributed by atoms with Crippen LogP contribution in [-0.2, 0) is 9.84 Å². The number of hydrogen-bond acceptors (Lipinski definition) is 6. The molecule has 0 amide bonds. The number of pyridine rings is 1. The quantitative estimate of drug-likeness (QED) is 0.624. The van der Waals surface area contributed by atoms with Gasteiger partial charge in [-0.15, -0.1) is 0 Å². The molecule has 3 heterocycles. The summed E-state index contributed by atoms with van der Waals surface area (Å²) in [5.41, 5.74) is 2.84. The van der Waals surface area contributed by atoms with Gasteiger partial charge in [-0.3, -0.25) is 9.97 Å². The Morgan fingerprint density at radius 3 is 2.32 bits per heavy atom. The summed E-state index contributed by atoms with van der Waals surface area (Å²) in [6, 6.07) is 9.12. The van der Waals surface area contributed by atoms with Gasteiger partial charge in [0.1, 0.15) is 11.5 Å². The third-order valence-electron chi connectivity index (χ3n) is 4.57. The number of rotatable bonds is 3. The fourth-order valence-electron chi connectivity index (χ4n) is 3.05. The lowest BCUT2D eigenvalue weighted by molar-refractivity contribution is 0.586. The van der Waals surface area contributed by atoms with Crippen LogP contribution in [0.25, 0.3) is 22.5 Å². The third-order valence-corrected chi connectivity index (χ3v) is 6.74. The summed E-state index contributed by atoms with van der Waals surface area (Å²) in [5.74, 6) is 0.841. The smallest absolute Gasteiger partial charge is 0.153 e.